The molecule has 0 unspecified atom stereocenters. The van der Waals surface area contributed by atoms with Crippen molar-refractivity contribution in [3.63, 3.8) is 0 Å². The van der Waals surface area contributed by atoms with Crippen molar-refractivity contribution in [1.82, 2.24) is 15.1 Å². The zero-order chi connectivity index (χ0) is 18.3. The van der Waals surface area contributed by atoms with E-state index in [4.69, 9.17) is 4.74 Å². The highest BCUT2D eigenvalue weighted by Gasteiger charge is 2.49. The Hall–Kier alpha value is -2.26. The van der Waals surface area contributed by atoms with Crippen molar-refractivity contribution in [2.24, 2.45) is 0 Å². The van der Waals surface area contributed by atoms with Gasteiger partial charge in [0.25, 0.3) is 0 Å². The first-order chi connectivity index (χ1) is 10.9. The molecule has 0 aromatic carbocycles. The number of aromatic nitrogens is 2. The number of rotatable bonds is 2. The Kier molecular flexibility index (Phi) is 4.51. The fraction of sp³-hybridized carbons (Fsp3) is 0.643. The Morgan fingerprint density at radius 1 is 1.33 bits per heavy atom. The highest BCUT2D eigenvalue weighted by molar-refractivity contribution is 5.98. The molecular weight excluding hydrogens is 329 g/mol. The number of carbonyl (C=O) groups excluding carboxylic acids is 2. The van der Waals surface area contributed by atoms with Crippen LogP contribution in [0, 0.1) is 6.92 Å². The van der Waals surface area contributed by atoms with Crippen molar-refractivity contribution in [2.45, 2.75) is 45.5 Å². The molecule has 2 amide bonds. The third-order valence-corrected chi connectivity index (χ3v) is 3.40. The molecule has 0 bridgehead atoms. The fourth-order valence-corrected chi connectivity index (χ4v) is 2.29. The van der Waals surface area contributed by atoms with Gasteiger partial charge in [0, 0.05) is 13.1 Å². The van der Waals surface area contributed by atoms with E-state index in [1.54, 1.807) is 20.8 Å². The van der Waals surface area contributed by atoms with Crippen LogP contribution in [-0.2, 0) is 9.53 Å². The van der Waals surface area contributed by atoms with E-state index in [1.165, 1.54) is 11.8 Å². The molecule has 0 spiro atoms. The van der Waals surface area contributed by atoms with E-state index in [2.05, 4.69) is 10.2 Å². The largest absolute Gasteiger partial charge is 0.471 e. The van der Waals surface area contributed by atoms with Crippen LogP contribution in [0.5, 0.6) is 0 Å². The summed E-state index contributed by atoms with van der Waals surface area (Å²) in [7, 11) is 0. The van der Waals surface area contributed by atoms with Crippen LogP contribution < -0.4 is 4.90 Å². The van der Waals surface area contributed by atoms with Crippen LogP contribution in [-0.4, -0.2) is 58.0 Å². The van der Waals surface area contributed by atoms with Crippen molar-refractivity contribution in [3.8, 4) is 0 Å². The highest BCUT2D eigenvalue weighted by Crippen LogP contribution is 2.30. The second-order valence-electron chi connectivity index (χ2n) is 6.59. The monoisotopic (exact) mass is 348 g/mol. The van der Waals surface area contributed by atoms with Crippen LogP contribution in [0.4, 0.5) is 23.7 Å². The lowest BCUT2D eigenvalue weighted by atomic mass is 10.1. The Morgan fingerprint density at radius 3 is 2.33 bits per heavy atom. The summed E-state index contributed by atoms with van der Waals surface area (Å²) < 4.78 is 43.8. The second-order valence-corrected chi connectivity index (χ2v) is 6.59. The van der Waals surface area contributed by atoms with Crippen molar-refractivity contribution in [3.05, 3.63) is 11.9 Å². The van der Waals surface area contributed by atoms with Gasteiger partial charge in [0.1, 0.15) is 5.60 Å². The number of likely N-dealkylation sites (tertiary alicyclic amines) is 1. The third kappa shape index (κ3) is 3.80. The fourth-order valence-electron chi connectivity index (χ4n) is 2.29. The first-order valence-corrected chi connectivity index (χ1v) is 7.28. The molecule has 0 saturated carbocycles. The molecule has 1 aromatic rings. The Bertz CT molecular complexity index is 630. The van der Waals surface area contributed by atoms with Gasteiger partial charge in [-0.25, -0.2) is 4.79 Å². The summed E-state index contributed by atoms with van der Waals surface area (Å²) in [6.07, 6.45) is -4.48. The number of ether oxygens (including phenoxy) is 1. The number of hydrogen-bond donors (Lipinski definition) is 1. The molecule has 1 saturated heterocycles. The Morgan fingerprint density at radius 2 is 1.92 bits per heavy atom. The number of aromatic amines is 1. The van der Waals surface area contributed by atoms with Crippen LogP contribution in [0.1, 0.15) is 26.5 Å². The minimum absolute atomic E-state index is 0.0403. The van der Waals surface area contributed by atoms with E-state index in [9.17, 15) is 22.8 Å². The molecule has 10 heteroatoms. The number of aryl methyl sites for hydroxylation is 1. The van der Waals surface area contributed by atoms with Gasteiger partial charge in [0.15, 0.2) is 0 Å². The van der Waals surface area contributed by atoms with Crippen molar-refractivity contribution >= 4 is 17.7 Å². The number of nitrogens with zero attached hydrogens (tertiary/aromatic N) is 3. The van der Waals surface area contributed by atoms with Gasteiger partial charge in [-0.2, -0.15) is 18.3 Å². The van der Waals surface area contributed by atoms with Gasteiger partial charge in [-0.05, 0) is 27.7 Å². The molecule has 0 radical (unpaired) electrons. The van der Waals surface area contributed by atoms with Gasteiger partial charge in [0.2, 0.25) is 0 Å². The average molecular weight is 348 g/mol. The number of carbonyl (C=O) groups is 2. The maximum Gasteiger partial charge on any atom is 0.471 e. The summed E-state index contributed by atoms with van der Waals surface area (Å²) in [6.45, 7) is 6.51. The van der Waals surface area contributed by atoms with E-state index in [1.807, 2.05) is 0 Å². The van der Waals surface area contributed by atoms with Gasteiger partial charge >= 0.3 is 18.2 Å². The van der Waals surface area contributed by atoms with E-state index >= 15 is 0 Å². The molecule has 0 aliphatic carbocycles. The normalized spacial score (nSPS) is 15.9. The SMILES string of the molecule is Cc1[nH]ncc1N(C(=O)C(F)(F)F)C1CN(C(=O)OC(C)(C)C)C1. The van der Waals surface area contributed by atoms with E-state index in [-0.39, 0.29) is 18.8 Å². The lowest BCUT2D eigenvalue weighted by Gasteiger charge is -2.45. The zero-order valence-electron chi connectivity index (χ0n) is 13.8. The smallest absolute Gasteiger partial charge is 0.444 e. The molecule has 1 aliphatic heterocycles. The van der Waals surface area contributed by atoms with Crippen LogP contribution in [0.25, 0.3) is 0 Å². The van der Waals surface area contributed by atoms with Gasteiger partial charge in [-0.1, -0.05) is 0 Å². The molecule has 1 fully saturated rings. The van der Waals surface area contributed by atoms with E-state index in [0.29, 0.717) is 10.6 Å². The van der Waals surface area contributed by atoms with Crippen LogP contribution >= 0.6 is 0 Å². The standard InChI is InChI=1S/C14H19F3N4O3/c1-8-10(5-18-19-8)21(11(22)14(15,16)17)9-6-20(7-9)12(23)24-13(2,3)4/h5,9H,6-7H2,1-4H3,(H,18,19). The summed E-state index contributed by atoms with van der Waals surface area (Å²) in [5.74, 6) is -1.99. The maximum atomic E-state index is 12.9. The Balaban J connectivity index is 2.13. The highest BCUT2D eigenvalue weighted by atomic mass is 19.4. The topological polar surface area (TPSA) is 78.5 Å². The molecule has 1 aromatic heterocycles. The van der Waals surface area contributed by atoms with Gasteiger partial charge in [0.05, 0.1) is 23.6 Å². The molecular formula is C14H19F3N4O3. The third-order valence-electron chi connectivity index (χ3n) is 3.40. The van der Waals surface area contributed by atoms with Gasteiger partial charge in [-0.3, -0.25) is 14.8 Å². The number of alkyl halides is 3. The molecule has 1 N–H and O–H groups in total. The minimum Gasteiger partial charge on any atom is -0.444 e. The Labute approximate surface area is 136 Å². The minimum atomic E-state index is -5.02. The van der Waals surface area contributed by atoms with Crippen molar-refractivity contribution in [2.75, 3.05) is 18.0 Å². The van der Waals surface area contributed by atoms with Crippen molar-refractivity contribution < 1.29 is 27.5 Å². The van der Waals surface area contributed by atoms with E-state index < -0.39 is 29.8 Å². The quantitative estimate of drug-likeness (QED) is 0.889. The number of anilines is 1. The molecule has 7 nitrogen and oxygen atoms in total. The maximum absolute atomic E-state index is 12.9. The molecule has 0 atom stereocenters. The number of H-pyrrole nitrogens is 1. The molecule has 2 heterocycles. The second kappa shape index (κ2) is 5.99. The number of halogens is 3. The summed E-state index contributed by atoms with van der Waals surface area (Å²) in [4.78, 5) is 25.6. The summed E-state index contributed by atoms with van der Waals surface area (Å²) in [5, 5.41) is 6.17. The van der Waals surface area contributed by atoms with Crippen LogP contribution in [0.2, 0.25) is 0 Å². The lowest BCUT2D eigenvalue weighted by Crippen LogP contribution is -2.64. The predicted molar refractivity (Wildman–Crippen MR) is 78.5 cm³/mol. The molecule has 2 rings (SSSR count). The predicted octanol–water partition coefficient (Wildman–Crippen LogP) is 2.23. The number of nitrogens with one attached hydrogen (secondary N) is 1. The van der Waals surface area contributed by atoms with Crippen LogP contribution in [0.15, 0.2) is 6.20 Å². The zero-order valence-corrected chi connectivity index (χ0v) is 13.8. The summed E-state index contributed by atoms with van der Waals surface area (Å²) in [5.41, 5.74) is -0.320. The van der Waals surface area contributed by atoms with Crippen molar-refractivity contribution in [1.29, 1.82) is 0 Å². The van der Waals surface area contributed by atoms with Gasteiger partial charge < -0.3 is 9.64 Å². The first-order valence-electron chi connectivity index (χ1n) is 7.28. The summed E-state index contributed by atoms with van der Waals surface area (Å²) >= 11 is 0. The number of hydrogen-bond acceptors (Lipinski definition) is 4. The molecule has 134 valence electrons. The molecule has 1 aliphatic rings. The molecule has 24 heavy (non-hydrogen) atoms. The van der Waals surface area contributed by atoms with Gasteiger partial charge in [-0.15, -0.1) is 0 Å². The first kappa shape index (κ1) is 18.1. The summed E-state index contributed by atoms with van der Waals surface area (Å²) in [6, 6.07) is -0.789. The lowest BCUT2D eigenvalue weighted by molar-refractivity contribution is -0.171. The average Bonchev–Trinajstić information content (AvgIpc) is 2.74. The number of amides is 2. The van der Waals surface area contributed by atoms with E-state index in [0.717, 1.165) is 6.20 Å². The van der Waals surface area contributed by atoms with Crippen LogP contribution in [0.3, 0.4) is 0 Å².